The SMILES string of the molecule is CCNC(=O)C(c1cccc(OC)c1)N1CCN(c2ccc(-c3cn[nH]c3)cc2)C1=O. The van der Waals surface area contributed by atoms with E-state index in [2.05, 4.69) is 15.5 Å². The largest absolute Gasteiger partial charge is 0.497 e. The molecule has 2 aromatic carbocycles. The number of rotatable bonds is 7. The van der Waals surface area contributed by atoms with E-state index in [9.17, 15) is 9.59 Å². The van der Waals surface area contributed by atoms with E-state index in [1.807, 2.05) is 55.6 Å². The summed E-state index contributed by atoms with van der Waals surface area (Å²) in [5.41, 5.74) is 3.50. The average molecular weight is 419 g/mol. The lowest BCUT2D eigenvalue weighted by molar-refractivity contribution is -0.125. The molecule has 3 aromatic rings. The third kappa shape index (κ3) is 4.09. The first-order valence-corrected chi connectivity index (χ1v) is 10.2. The first-order valence-electron chi connectivity index (χ1n) is 10.2. The number of benzene rings is 2. The van der Waals surface area contributed by atoms with Crippen LogP contribution in [0, 0.1) is 0 Å². The number of hydrogen-bond acceptors (Lipinski definition) is 4. The van der Waals surface area contributed by atoms with Crippen LogP contribution in [0.2, 0.25) is 0 Å². The molecule has 31 heavy (non-hydrogen) atoms. The molecule has 2 heterocycles. The second-order valence-electron chi connectivity index (χ2n) is 7.24. The number of carbonyl (C=O) groups is 2. The topological polar surface area (TPSA) is 90.6 Å². The molecule has 0 radical (unpaired) electrons. The minimum Gasteiger partial charge on any atom is -0.497 e. The van der Waals surface area contributed by atoms with Crippen molar-refractivity contribution in [2.24, 2.45) is 0 Å². The molecule has 1 aliphatic rings. The molecule has 160 valence electrons. The fourth-order valence-corrected chi connectivity index (χ4v) is 3.83. The van der Waals surface area contributed by atoms with Crippen LogP contribution >= 0.6 is 0 Å². The number of H-pyrrole nitrogens is 1. The zero-order chi connectivity index (χ0) is 21.8. The van der Waals surface area contributed by atoms with Gasteiger partial charge in [0.05, 0.1) is 13.3 Å². The normalized spacial score (nSPS) is 14.6. The number of aromatic nitrogens is 2. The standard InChI is InChI=1S/C23H25N5O3/c1-3-24-22(29)21(17-5-4-6-20(13-17)31-2)28-12-11-27(23(28)30)19-9-7-16(8-10-19)18-14-25-26-15-18/h4-10,13-15,21H,3,11-12H2,1-2H3,(H,24,29)(H,25,26). The third-order valence-corrected chi connectivity index (χ3v) is 5.37. The van der Waals surface area contributed by atoms with E-state index in [1.54, 1.807) is 29.2 Å². The molecule has 3 amide bonds. The summed E-state index contributed by atoms with van der Waals surface area (Å²) in [6.45, 7) is 3.30. The van der Waals surface area contributed by atoms with Gasteiger partial charge in [0.2, 0.25) is 5.91 Å². The number of carbonyl (C=O) groups excluding carboxylic acids is 2. The minimum atomic E-state index is -0.724. The molecule has 1 unspecified atom stereocenters. The monoisotopic (exact) mass is 419 g/mol. The molecule has 2 N–H and O–H groups in total. The molecule has 1 aromatic heterocycles. The Morgan fingerprint density at radius 1 is 1.19 bits per heavy atom. The maximum atomic E-state index is 13.3. The Hall–Kier alpha value is -3.81. The van der Waals surface area contributed by atoms with Gasteiger partial charge in [-0.25, -0.2) is 4.79 Å². The van der Waals surface area contributed by atoms with Crippen molar-refractivity contribution in [3.8, 4) is 16.9 Å². The second kappa shape index (κ2) is 8.91. The fourth-order valence-electron chi connectivity index (χ4n) is 3.83. The summed E-state index contributed by atoms with van der Waals surface area (Å²) in [6, 6.07) is 14.1. The number of likely N-dealkylation sites (N-methyl/N-ethyl adjacent to an activating group) is 1. The maximum absolute atomic E-state index is 13.3. The Morgan fingerprint density at radius 3 is 2.68 bits per heavy atom. The van der Waals surface area contributed by atoms with Crippen LogP contribution in [-0.4, -0.2) is 53.8 Å². The molecular weight excluding hydrogens is 394 g/mol. The number of hydrogen-bond donors (Lipinski definition) is 2. The summed E-state index contributed by atoms with van der Waals surface area (Å²) in [5, 5.41) is 9.63. The Morgan fingerprint density at radius 2 is 2.00 bits per heavy atom. The lowest BCUT2D eigenvalue weighted by Crippen LogP contribution is -2.43. The van der Waals surface area contributed by atoms with E-state index >= 15 is 0 Å². The van der Waals surface area contributed by atoms with E-state index < -0.39 is 6.04 Å². The number of methoxy groups -OCH3 is 1. The molecule has 0 bridgehead atoms. The van der Waals surface area contributed by atoms with E-state index in [0.717, 1.165) is 22.4 Å². The van der Waals surface area contributed by atoms with Gasteiger partial charge >= 0.3 is 6.03 Å². The Bertz CT molecular complexity index is 1050. The van der Waals surface area contributed by atoms with Crippen LogP contribution in [0.3, 0.4) is 0 Å². The van der Waals surface area contributed by atoms with Crippen LogP contribution in [0.5, 0.6) is 5.75 Å². The highest BCUT2D eigenvalue weighted by atomic mass is 16.5. The van der Waals surface area contributed by atoms with Crippen molar-refractivity contribution in [2.45, 2.75) is 13.0 Å². The van der Waals surface area contributed by atoms with Crippen molar-refractivity contribution in [2.75, 3.05) is 31.6 Å². The number of aromatic amines is 1. The molecule has 8 heteroatoms. The highest BCUT2D eigenvalue weighted by molar-refractivity contribution is 5.98. The number of anilines is 1. The number of nitrogens with one attached hydrogen (secondary N) is 2. The third-order valence-electron chi connectivity index (χ3n) is 5.37. The molecular formula is C23H25N5O3. The van der Waals surface area contributed by atoms with Gasteiger partial charge in [-0.3, -0.25) is 14.8 Å². The smallest absolute Gasteiger partial charge is 0.325 e. The molecule has 0 aliphatic carbocycles. The quantitative estimate of drug-likeness (QED) is 0.615. The van der Waals surface area contributed by atoms with E-state index in [0.29, 0.717) is 25.4 Å². The summed E-state index contributed by atoms with van der Waals surface area (Å²) in [6.07, 6.45) is 3.58. The van der Waals surface area contributed by atoms with Gasteiger partial charge in [-0.05, 0) is 42.3 Å². The van der Waals surface area contributed by atoms with Crippen molar-refractivity contribution in [3.63, 3.8) is 0 Å². The van der Waals surface area contributed by atoms with Crippen LogP contribution in [0.25, 0.3) is 11.1 Å². The van der Waals surface area contributed by atoms with Crippen molar-refractivity contribution in [3.05, 3.63) is 66.5 Å². The number of ether oxygens (including phenoxy) is 1. The van der Waals surface area contributed by atoms with Gasteiger partial charge in [-0.2, -0.15) is 5.10 Å². The lowest BCUT2D eigenvalue weighted by Gasteiger charge is -2.27. The second-order valence-corrected chi connectivity index (χ2v) is 7.24. The molecule has 1 fully saturated rings. The van der Waals surface area contributed by atoms with Crippen LogP contribution in [0.1, 0.15) is 18.5 Å². The fraction of sp³-hybridized carbons (Fsp3) is 0.261. The molecule has 1 atom stereocenters. The first-order chi connectivity index (χ1) is 15.1. The average Bonchev–Trinajstić information content (AvgIpc) is 3.45. The molecule has 1 saturated heterocycles. The maximum Gasteiger partial charge on any atom is 0.325 e. The van der Waals surface area contributed by atoms with Crippen LogP contribution in [0.4, 0.5) is 10.5 Å². The molecule has 4 rings (SSSR count). The van der Waals surface area contributed by atoms with Gasteiger partial charge in [0, 0.05) is 37.1 Å². The van der Waals surface area contributed by atoms with E-state index in [4.69, 9.17) is 4.74 Å². The van der Waals surface area contributed by atoms with Crippen molar-refractivity contribution >= 4 is 17.6 Å². The zero-order valence-electron chi connectivity index (χ0n) is 17.5. The van der Waals surface area contributed by atoms with Crippen molar-refractivity contribution < 1.29 is 14.3 Å². The van der Waals surface area contributed by atoms with Crippen molar-refractivity contribution in [1.82, 2.24) is 20.4 Å². The van der Waals surface area contributed by atoms with E-state index in [1.165, 1.54) is 0 Å². The van der Waals surface area contributed by atoms with Gasteiger partial charge in [0.15, 0.2) is 0 Å². The van der Waals surface area contributed by atoms with Crippen LogP contribution < -0.4 is 15.0 Å². The Labute approximate surface area is 180 Å². The number of nitrogens with zero attached hydrogens (tertiary/aromatic N) is 3. The summed E-state index contributed by atoms with van der Waals surface area (Å²) in [5.74, 6) is 0.436. The van der Waals surface area contributed by atoms with Gasteiger partial charge in [0.1, 0.15) is 11.8 Å². The minimum absolute atomic E-state index is 0.199. The summed E-state index contributed by atoms with van der Waals surface area (Å²) >= 11 is 0. The van der Waals surface area contributed by atoms with Gasteiger partial charge < -0.3 is 15.0 Å². The van der Waals surface area contributed by atoms with Crippen molar-refractivity contribution in [1.29, 1.82) is 0 Å². The summed E-state index contributed by atoms with van der Waals surface area (Å²) < 4.78 is 5.31. The molecule has 8 nitrogen and oxygen atoms in total. The molecule has 1 aliphatic heterocycles. The molecule has 0 saturated carbocycles. The Kier molecular flexibility index (Phi) is 5.88. The predicted molar refractivity (Wildman–Crippen MR) is 118 cm³/mol. The first kappa shape index (κ1) is 20.5. The van der Waals surface area contributed by atoms with Gasteiger partial charge in [-0.1, -0.05) is 24.3 Å². The lowest BCUT2D eigenvalue weighted by atomic mass is 10.0. The predicted octanol–water partition coefficient (Wildman–Crippen LogP) is 3.20. The van der Waals surface area contributed by atoms with E-state index in [-0.39, 0.29) is 11.9 Å². The number of amides is 3. The van der Waals surface area contributed by atoms with Crippen LogP contribution in [-0.2, 0) is 4.79 Å². The highest BCUT2D eigenvalue weighted by Gasteiger charge is 2.38. The summed E-state index contributed by atoms with van der Waals surface area (Å²) in [7, 11) is 1.58. The zero-order valence-corrected chi connectivity index (χ0v) is 17.5. The van der Waals surface area contributed by atoms with Crippen LogP contribution in [0.15, 0.2) is 60.9 Å². The molecule has 0 spiro atoms. The summed E-state index contributed by atoms with van der Waals surface area (Å²) in [4.78, 5) is 29.6. The Balaban J connectivity index is 1.59. The number of urea groups is 1. The highest BCUT2D eigenvalue weighted by Crippen LogP contribution is 2.31. The van der Waals surface area contributed by atoms with Gasteiger partial charge in [0.25, 0.3) is 0 Å². The van der Waals surface area contributed by atoms with Gasteiger partial charge in [-0.15, -0.1) is 0 Å².